The molecule has 0 aliphatic heterocycles. The molecule has 4 heteroatoms. The number of halogens is 2. The Morgan fingerprint density at radius 3 is 2.35 bits per heavy atom. The Morgan fingerprint density at radius 2 is 1.84 bits per heavy atom. The van der Waals surface area contributed by atoms with Gasteiger partial charge in [-0.2, -0.15) is 5.26 Å². The van der Waals surface area contributed by atoms with Crippen LogP contribution in [-0.2, 0) is 0 Å². The first-order valence-corrected chi connectivity index (χ1v) is 11.6. The lowest BCUT2D eigenvalue weighted by molar-refractivity contribution is 0.385. The molecule has 3 rings (SSSR count). The summed E-state index contributed by atoms with van der Waals surface area (Å²) in [7, 11) is 1.64. The molecule has 0 saturated heterocycles. The van der Waals surface area contributed by atoms with E-state index in [0.717, 1.165) is 40.2 Å². The van der Waals surface area contributed by atoms with Crippen molar-refractivity contribution in [2.24, 2.45) is 5.92 Å². The fraction of sp³-hybridized carbons (Fsp3) is 0.444. The van der Waals surface area contributed by atoms with Gasteiger partial charge >= 0.3 is 0 Å². The SMILES string of the molecule is CC/C=C(\c1cc(C#N)c(C)cc1C)c1ccc(F)c(NC)c1Cl.CC1CCCCC1. The van der Waals surface area contributed by atoms with E-state index in [1.54, 1.807) is 13.1 Å². The zero-order valence-corrected chi connectivity index (χ0v) is 20.2. The molecular formula is C27H34ClFN2. The molecule has 0 heterocycles. The van der Waals surface area contributed by atoms with Crippen LogP contribution < -0.4 is 5.32 Å². The zero-order valence-electron chi connectivity index (χ0n) is 19.4. The van der Waals surface area contributed by atoms with Crippen molar-refractivity contribution in [1.82, 2.24) is 0 Å². The molecule has 2 aromatic rings. The molecule has 0 radical (unpaired) electrons. The summed E-state index contributed by atoms with van der Waals surface area (Å²) >= 11 is 6.44. The second-order valence-corrected chi connectivity index (χ2v) is 8.77. The van der Waals surface area contributed by atoms with Gasteiger partial charge in [0, 0.05) is 12.6 Å². The Balaban J connectivity index is 0.000000412. The smallest absolute Gasteiger partial charge is 0.147 e. The number of hydrogen-bond acceptors (Lipinski definition) is 2. The van der Waals surface area contributed by atoms with Gasteiger partial charge in [0.05, 0.1) is 22.3 Å². The van der Waals surface area contributed by atoms with E-state index in [1.807, 2.05) is 32.9 Å². The van der Waals surface area contributed by atoms with Crippen LogP contribution in [0, 0.1) is 36.9 Å². The number of aryl methyl sites for hydroxylation is 2. The lowest BCUT2D eigenvalue weighted by atomic mass is 9.90. The number of nitrogens with one attached hydrogen (secondary N) is 1. The maximum atomic E-state index is 13.9. The van der Waals surface area contributed by atoms with Crippen LogP contribution in [-0.4, -0.2) is 7.05 Å². The van der Waals surface area contributed by atoms with Crippen molar-refractivity contribution in [2.45, 2.75) is 66.2 Å². The third-order valence-electron chi connectivity index (χ3n) is 5.92. The fourth-order valence-corrected chi connectivity index (χ4v) is 4.48. The van der Waals surface area contributed by atoms with Crippen LogP contribution in [0.2, 0.25) is 5.02 Å². The van der Waals surface area contributed by atoms with Crippen LogP contribution in [0.25, 0.3) is 5.57 Å². The minimum atomic E-state index is -0.388. The van der Waals surface area contributed by atoms with Crippen molar-refractivity contribution in [1.29, 1.82) is 5.26 Å². The van der Waals surface area contributed by atoms with Gasteiger partial charge in [-0.3, -0.25) is 0 Å². The maximum absolute atomic E-state index is 13.9. The van der Waals surface area contributed by atoms with E-state index in [2.05, 4.69) is 24.4 Å². The molecule has 1 aliphatic rings. The molecule has 0 bridgehead atoms. The van der Waals surface area contributed by atoms with Gasteiger partial charge in [-0.15, -0.1) is 0 Å². The van der Waals surface area contributed by atoms with E-state index in [4.69, 9.17) is 11.6 Å². The van der Waals surface area contributed by atoms with Crippen molar-refractivity contribution < 1.29 is 4.39 Å². The first-order valence-electron chi connectivity index (χ1n) is 11.2. The van der Waals surface area contributed by atoms with E-state index in [0.29, 0.717) is 10.6 Å². The summed E-state index contributed by atoms with van der Waals surface area (Å²) < 4.78 is 13.9. The van der Waals surface area contributed by atoms with E-state index in [9.17, 15) is 9.65 Å². The van der Waals surface area contributed by atoms with Crippen LogP contribution in [0.4, 0.5) is 10.1 Å². The van der Waals surface area contributed by atoms with E-state index in [1.165, 1.54) is 38.2 Å². The average Bonchev–Trinajstić information content (AvgIpc) is 2.74. The van der Waals surface area contributed by atoms with Crippen LogP contribution in [0.3, 0.4) is 0 Å². The number of hydrogen-bond donors (Lipinski definition) is 1. The predicted molar refractivity (Wildman–Crippen MR) is 131 cm³/mol. The van der Waals surface area contributed by atoms with Gasteiger partial charge in [-0.25, -0.2) is 4.39 Å². The minimum Gasteiger partial charge on any atom is -0.385 e. The molecular weight excluding hydrogens is 407 g/mol. The summed E-state index contributed by atoms with van der Waals surface area (Å²) in [6, 6.07) is 9.19. The summed E-state index contributed by atoms with van der Waals surface area (Å²) in [6.45, 7) is 8.32. The Morgan fingerprint density at radius 1 is 1.16 bits per heavy atom. The molecule has 0 spiro atoms. The number of rotatable bonds is 4. The molecule has 0 atom stereocenters. The second-order valence-electron chi connectivity index (χ2n) is 8.40. The molecule has 0 amide bonds. The number of anilines is 1. The van der Waals surface area contributed by atoms with Gasteiger partial charge in [0.2, 0.25) is 0 Å². The third-order valence-corrected chi connectivity index (χ3v) is 6.31. The van der Waals surface area contributed by atoms with Gasteiger partial charge in [0.25, 0.3) is 0 Å². The highest BCUT2D eigenvalue weighted by atomic mass is 35.5. The highest BCUT2D eigenvalue weighted by molar-refractivity contribution is 6.35. The Kier molecular flexibility index (Phi) is 9.59. The van der Waals surface area contributed by atoms with Gasteiger partial charge in [0.1, 0.15) is 5.82 Å². The standard InChI is InChI=1S/C20H20ClFN2.C7H14/c1-5-6-15(16-7-8-18(22)20(24-4)19(16)21)17-10-14(11-23)12(2)9-13(17)3;1-7-5-3-2-4-6-7/h6-10,24H,5H2,1-4H3;7H,2-6H2,1H3/b15-6-;. The largest absolute Gasteiger partial charge is 0.385 e. The quantitative estimate of drug-likeness (QED) is 0.517. The summed E-state index contributed by atoms with van der Waals surface area (Å²) in [5.41, 5.74) is 5.50. The predicted octanol–water partition coefficient (Wildman–Crippen LogP) is 8.44. The van der Waals surface area contributed by atoms with Crippen molar-refractivity contribution in [2.75, 3.05) is 12.4 Å². The number of benzene rings is 2. The van der Waals surface area contributed by atoms with E-state index >= 15 is 0 Å². The minimum absolute atomic E-state index is 0.279. The van der Waals surface area contributed by atoms with Gasteiger partial charge in [-0.05, 0) is 66.6 Å². The van der Waals surface area contributed by atoms with Crippen LogP contribution in [0.1, 0.15) is 80.2 Å². The van der Waals surface area contributed by atoms with Gasteiger partial charge in [-0.1, -0.05) is 69.7 Å². The highest BCUT2D eigenvalue weighted by Gasteiger charge is 2.17. The van der Waals surface area contributed by atoms with Crippen molar-refractivity contribution in [3.63, 3.8) is 0 Å². The molecule has 0 aromatic heterocycles. The summed E-state index contributed by atoms with van der Waals surface area (Å²) in [6.07, 6.45) is 10.3. The summed E-state index contributed by atoms with van der Waals surface area (Å²) in [5, 5.41) is 12.5. The van der Waals surface area contributed by atoms with Crippen molar-refractivity contribution in [3.05, 3.63) is 69.0 Å². The van der Waals surface area contributed by atoms with Gasteiger partial charge < -0.3 is 5.32 Å². The lowest BCUT2D eigenvalue weighted by Crippen LogP contribution is -2.00. The molecule has 1 fully saturated rings. The first-order chi connectivity index (χ1) is 14.8. The molecule has 1 N–H and O–H groups in total. The first kappa shape index (κ1) is 25.0. The van der Waals surface area contributed by atoms with Crippen LogP contribution in [0.15, 0.2) is 30.3 Å². The summed E-state index contributed by atoms with van der Waals surface area (Å²) in [5.74, 6) is 0.647. The molecule has 1 aliphatic carbocycles. The van der Waals surface area contributed by atoms with Crippen LogP contribution in [0.5, 0.6) is 0 Å². The second kappa shape index (κ2) is 11.9. The van der Waals surface area contributed by atoms with Crippen molar-refractivity contribution in [3.8, 4) is 6.07 Å². The zero-order chi connectivity index (χ0) is 23.0. The molecule has 166 valence electrons. The summed E-state index contributed by atoms with van der Waals surface area (Å²) in [4.78, 5) is 0. The Bertz CT molecular complexity index is 966. The molecule has 31 heavy (non-hydrogen) atoms. The van der Waals surface area contributed by atoms with Crippen molar-refractivity contribution >= 4 is 22.9 Å². The normalized spacial score (nSPS) is 14.5. The molecule has 0 unspecified atom stereocenters. The number of allylic oxidation sites excluding steroid dienone is 1. The highest BCUT2D eigenvalue weighted by Crippen LogP contribution is 2.37. The lowest BCUT2D eigenvalue weighted by Gasteiger charge is -2.17. The average molecular weight is 441 g/mol. The Labute approximate surface area is 192 Å². The fourth-order valence-electron chi connectivity index (χ4n) is 4.13. The molecule has 2 nitrogen and oxygen atoms in total. The monoisotopic (exact) mass is 440 g/mol. The third kappa shape index (κ3) is 6.34. The van der Waals surface area contributed by atoms with Gasteiger partial charge in [0.15, 0.2) is 0 Å². The number of nitrogens with zero attached hydrogens (tertiary/aromatic N) is 1. The van der Waals surface area contributed by atoms with E-state index in [-0.39, 0.29) is 11.5 Å². The Hall–Kier alpha value is -2.31. The molecule has 1 saturated carbocycles. The van der Waals surface area contributed by atoms with E-state index < -0.39 is 0 Å². The topological polar surface area (TPSA) is 35.8 Å². The maximum Gasteiger partial charge on any atom is 0.147 e. The number of nitriles is 1. The van der Waals surface area contributed by atoms with Crippen LogP contribution >= 0.6 is 11.6 Å². The molecule has 2 aromatic carbocycles.